The van der Waals surface area contributed by atoms with Crippen molar-refractivity contribution < 1.29 is 53.0 Å². The average molecular weight is 1510 g/mol. The maximum Gasteiger partial charge on any atom is 0.318 e. The molecule has 0 spiro atoms. The summed E-state index contributed by atoms with van der Waals surface area (Å²) in [5.41, 5.74) is 9.04. The van der Waals surface area contributed by atoms with E-state index in [1.54, 1.807) is 73.4 Å². The largest absolute Gasteiger partial charge is 0.481 e. The molecule has 0 aliphatic heterocycles. The Morgan fingerprint density at radius 2 is 0.971 bits per heavy atom. The van der Waals surface area contributed by atoms with Gasteiger partial charge in [-0.2, -0.15) is 0 Å². The van der Waals surface area contributed by atoms with Crippen LogP contribution in [0.5, 0.6) is 0 Å². The van der Waals surface area contributed by atoms with Gasteiger partial charge in [-0.05, 0) is 144 Å². The number of hydrogen-bond acceptors (Lipinski definition) is 13. The third kappa shape index (κ3) is 69.1. The maximum atomic E-state index is 11.1. The number of halogens is 1. The van der Waals surface area contributed by atoms with E-state index in [0.29, 0.717) is 64.7 Å². The highest BCUT2D eigenvalue weighted by Gasteiger charge is 2.19. The van der Waals surface area contributed by atoms with E-state index in [0.717, 1.165) is 50.9 Å². The zero-order chi connectivity index (χ0) is 79.1. The van der Waals surface area contributed by atoms with Crippen LogP contribution in [0.2, 0.25) is 5.02 Å². The Bertz CT molecular complexity index is 2880. The molecule has 25 nitrogen and oxygen atoms in total. The highest BCUT2D eigenvalue weighted by Crippen LogP contribution is 2.23. The molecule has 28 heteroatoms. The number of esters is 1. The van der Waals surface area contributed by atoms with Gasteiger partial charge in [-0.3, -0.25) is 33.6 Å². The summed E-state index contributed by atoms with van der Waals surface area (Å²) >= 11 is 15.5. The van der Waals surface area contributed by atoms with E-state index in [-0.39, 0.29) is 53.6 Å². The lowest BCUT2D eigenvalue weighted by Gasteiger charge is -2.21. The second kappa shape index (κ2) is 71.3. The zero-order valence-corrected chi connectivity index (χ0v) is 66.7. The van der Waals surface area contributed by atoms with E-state index in [9.17, 15) is 43.2 Å². The van der Waals surface area contributed by atoms with Crippen LogP contribution in [-0.2, 0) is 46.5 Å². The number of aliphatic carboxylic acids is 1. The van der Waals surface area contributed by atoms with Gasteiger partial charge in [-0.15, -0.1) is 0 Å². The number of carbonyl (C=O) groups is 9. The molecule has 0 radical (unpaired) electrons. The number of methoxy groups -OCH3 is 1. The van der Waals surface area contributed by atoms with E-state index in [2.05, 4.69) is 98.1 Å². The van der Waals surface area contributed by atoms with E-state index in [1.165, 1.54) is 102 Å². The number of nitrogens with one attached hydrogen (secondary N) is 13. The van der Waals surface area contributed by atoms with Gasteiger partial charge in [0.25, 0.3) is 5.91 Å². The number of urea groups is 2. The molecule has 0 bridgehead atoms. The predicted octanol–water partition coefficient (Wildman–Crippen LogP) is 10.8. The first-order valence-electron chi connectivity index (χ1n) is 35.6. The molecule has 7 rings (SSSR count). The van der Waals surface area contributed by atoms with Crippen molar-refractivity contribution in [1.29, 1.82) is 0 Å². The number of nitrogens with two attached hydrogens (primary N) is 1. The van der Waals surface area contributed by atoms with Gasteiger partial charge in [0, 0.05) is 142 Å². The number of carbonyl (C=O) groups excluding carboxylic acids is 8. The molecular weight excluding hydrogens is 1380 g/mol. The van der Waals surface area contributed by atoms with Gasteiger partial charge in [-0.25, -0.2) is 9.59 Å². The number of carboxylic acid groups (broad SMARTS) is 1. The molecule has 3 fully saturated rings. The molecule has 104 heavy (non-hydrogen) atoms. The minimum Gasteiger partial charge on any atom is -0.481 e. The number of thiocarbonyl (C=S) groups is 2. The zero-order valence-electron chi connectivity index (χ0n) is 64.3. The minimum atomic E-state index is -0.711. The predicted molar refractivity (Wildman–Crippen MR) is 431 cm³/mol. The summed E-state index contributed by atoms with van der Waals surface area (Å²) in [6.45, 7) is 15.0. The maximum absolute atomic E-state index is 11.1. The standard InChI is InChI=1S/C10H14N2S.C9H12N2S.C8H8ClNO.C8H10N2O.2C8H15NO.C7H13NO.C5H12N2O.C5H10O2.C4H10N2O.C4H8O2/c1-11-10(13)12-8-7-9-5-3-2-4-6-9;1-10-9(12)11-7-8-5-3-2-4-6-8;1-10-8(11)6-2-4-7(9)5-3-6;1-9-8(11)10-7-5-3-2-4-6-7;1-9-8(10)7-5-3-2-4-6-7;1-7(10)9-8-5-3-2-4-6-8;1-6(9)8-7-4-2-3-5-7;1-4(2)7-5(8)6-3;1-3-4-5(6)7-2;1-4(7)6-3-2-5;1-2-3-4(5)6/h2-6H,7-8H2,1H3,(H2,11,12,13);2-6H,7H2,1H3,(H2,10,11,12);2-5H,1H3,(H,10,11);2-6H,1H3,(H2,9,10,11);7H,2-6H2,1H3,(H,9,10);8H,2-6H2,1H3,(H,9,10);7H,2-5H2,1H3,(H,8,9);4H,1-3H3,(H2,6,7,8);3-4H2,1-2H3;2-3,5H2,1H3,(H,6,7);2-3H2,1H3,(H,5,6). The van der Waals surface area contributed by atoms with Crippen molar-refractivity contribution in [3.8, 4) is 0 Å². The van der Waals surface area contributed by atoms with Crippen LogP contribution in [-0.4, -0.2) is 156 Å². The Labute approximate surface area is 636 Å². The summed E-state index contributed by atoms with van der Waals surface area (Å²) in [4.78, 5) is 94.1. The van der Waals surface area contributed by atoms with Gasteiger partial charge in [-0.1, -0.05) is 156 Å². The fraction of sp³-hybridized carbons (Fsp3) is 0.539. The lowest BCUT2D eigenvalue weighted by atomic mass is 9.89. The van der Waals surface area contributed by atoms with E-state index < -0.39 is 5.97 Å². The summed E-state index contributed by atoms with van der Waals surface area (Å²) in [5, 5.41) is 45.6. The van der Waals surface area contributed by atoms with Crippen molar-refractivity contribution in [2.45, 2.75) is 195 Å². The van der Waals surface area contributed by atoms with Crippen LogP contribution in [0.1, 0.15) is 186 Å². The average Bonchev–Trinajstić information content (AvgIpc) is 1.49. The van der Waals surface area contributed by atoms with Gasteiger partial charge in [0.2, 0.25) is 23.6 Å². The van der Waals surface area contributed by atoms with Crippen molar-refractivity contribution in [2.24, 2.45) is 11.7 Å². The molecule has 9 amide bonds. The van der Waals surface area contributed by atoms with Gasteiger partial charge < -0.3 is 84.7 Å². The molecule has 3 aliphatic carbocycles. The SMILES string of the molecule is CC(=O)NC1CCCC1.CC(=O)NC1CCCCC1.CC(=O)NCCN.CCCC(=O)O.CCCC(=O)OC.CNC(=O)C1CCCCC1.CNC(=O)NC(C)C.CNC(=O)Nc1ccccc1.CNC(=O)c1ccc(Cl)cc1.CNC(=S)NCCc1ccccc1.CNC(=S)NCc1ccccc1. The lowest BCUT2D eigenvalue weighted by Crippen LogP contribution is -2.37. The Hall–Kier alpha value is -8.66. The molecular formula is C76H127ClN14O11S2. The first-order chi connectivity index (χ1) is 49.6. The number of ether oxygens (including phenoxy) is 1. The molecule has 16 N–H and O–H groups in total. The minimum absolute atomic E-state index is 0.0227. The molecule has 3 saturated carbocycles. The summed E-state index contributed by atoms with van der Waals surface area (Å²) in [6, 6.07) is 37.4. The molecule has 0 atom stereocenters. The number of amides is 9. The number of para-hydroxylation sites is 1. The number of hydrogen-bond donors (Lipinski definition) is 15. The fourth-order valence-corrected chi connectivity index (χ4v) is 9.24. The van der Waals surface area contributed by atoms with Gasteiger partial charge >= 0.3 is 24.0 Å². The second-order valence-corrected chi connectivity index (χ2v) is 24.9. The summed E-state index contributed by atoms with van der Waals surface area (Å²) in [7, 11) is 11.5. The Morgan fingerprint density at radius 3 is 1.32 bits per heavy atom. The molecule has 0 unspecified atom stereocenters. The third-order valence-corrected chi connectivity index (χ3v) is 15.1. The van der Waals surface area contributed by atoms with Crippen molar-refractivity contribution in [2.75, 3.05) is 74.3 Å². The third-order valence-electron chi connectivity index (χ3n) is 14.2. The van der Waals surface area contributed by atoms with Crippen LogP contribution in [0.3, 0.4) is 0 Å². The molecule has 4 aromatic rings. The van der Waals surface area contributed by atoms with E-state index in [4.69, 9.17) is 46.9 Å². The summed E-state index contributed by atoms with van der Waals surface area (Å²) < 4.78 is 4.35. The number of rotatable bonds is 17. The number of carboxylic acids is 1. The van der Waals surface area contributed by atoms with Crippen molar-refractivity contribution >= 4 is 105 Å². The molecule has 3 aliphatic rings. The van der Waals surface area contributed by atoms with Crippen LogP contribution in [0.15, 0.2) is 115 Å². The molecule has 586 valence electrons. The van der Waals surface area contributed by atoms with Crippen LogP contribution in [0, 0.1) is 5.92 Å². The van der Waals surface area contributed by atoms with Gasteiger partial charge in [0.1, 0.15) is 0 Å². The smallest absolute Gasteiger partial charge is 0.318 e. The topological polar surface area (TPSA) is 365 Å². The Balaban J connectivity index is -0.000000533. The van der Waals surface area contributed by atoms with Crippen LogP contribution >= 0.6 is 36.0 Å². The molecule has 0 aromatic heterocycles. The fourth-order valence-electron chi connectivity index (χ4n) is 8.94. The highest BCUT2D eigenvalue weighted by molar-refractivity contribution is 7.80. The van der Waals surface area contributed by atoms with Crippen LogP contribution < -0.4 is 74.9 Å². The van der Waals surface area contributed by atoms with Crippen molar-refractivity contribution in [3.05, 3.63) is 137 Å². The first-order valence-corrected chi connectivity index (χ1v) is 36.8. The quantitative estimate of drug-likeness (QED) is 0.0345. The Morgan fingerprint density at radius 1 is 0.529 bits per heavy atom. The van der Waals surface area contributed by atoms with Crippen LogP contribution in [0.25, 0.3) is 0 Å². The summed E-state index contributed by atoms with van der Waals surface area (Å²) in [6.07, 6.45) is 20.6. The lowest BCUT2D eigenvalue weighted by molar-refractivity contribution is -0.140. The van der Waals surface area contributed by atoms with E-state index in [1.807, 2.05) is 101 Å². The molecule has 0 heterocycles. The summed E-state index contributed by atoms with van der Waals surface area (Å²) in [5.74, 6) is -0.167. The van der Waals surface area contributed by atoms with Crippen LogP contribution in [0.4, 0.5) is 15.3 Å². The van der Waals surface area contributed by atoms with Crippen molar-refractivity contribution in [1.82, 2.24) is 63.8 Å². The van der Waals surface area contributed by atoms with Crippen molar-refractivity contribution in [3.63, 3.8) is 0 Å². The normalized spacial score (nSPS) is 12.1. The first kappa shape index (κ1) is 102. The molecule has 0 saturated heterocycles. The highest BCUT2D eigenvalue weighted by atomic mass is 35.5. The Kier molecular flexibility index (Phi) is 69.8. The monoisotopic (exact) mass is 1510 g/mol. The second-order valence-electron chi connectivity index (χ2n) is 23.6. The number of benzene rings is 4. The van der Waals surface area contributed by atoms with Gasteiger partial charge in [0.15, 0.2) is 10.2 Å². The van der Waals surface area contributed by atoms with Gasteiger partial charge in [0.05, 0.1) is 7.11 Å². The number of anilines is 1. The van der Waals surface area contributed by atoms with E-state index >= 15 is 0 Å². The molecule has 4 aromatic carbocycles.